The van der Waals surface area contributed by atoms with Gasteiger partial charge in [0.25, 0.3) is 0 Å². The highest BCUT2D eigenvalue weighted by molar-refractivity contribution is 7.10. The van der Waals surface area contributed by atoms with Gasteiger partial charge in [-0.25, -0.2) is 4.98 Å². The zero-order valence-electron chi connectivity index (χ0n) is 9.18. The molecule has 1 N–H and O–H groups in total. The highest BCUT2D eigenvalue weighted by Gasteiger charge is 2.18. The fraction of sp³-hybridized carbons (Fsp3) is 0.250. The number of pyridine rings is 1. The molecule has 2 heterocycles. The third kappa shape index (κ3) is 1.94. The summed E-state index contributed by atoms with van der Waals surface area (Å²) in [6.45, 7) is 1.99. The summed E-state index contributed by atoms with van der Waals surface area (Å²) in [5.41, 5.74) is 1.61. The number of rotatable bonds is 3. The maximum atomic E-state index is 10.3. The van der Waals surface area contributed by atoms with Crippen LogP contribution in [0.3, 0.4) is 0 Å². The molecule has 2 aromatic rings. The monoisotopic (exact) mass is 235 g/mol. The topological polar surface area (TPSA) is 42.4 Å². The Hall–Kier alpha value is -1.39. The number of aliphatic hydroxyl groups excluding tert-OH is 1. The molecule has 16 heavy (non-hydrogen) atoms. The van der Waals surface area contributed by atoms with Gasteiger partial charge in [-0.2, -0.15) is 0 Å². The SMILES string of the molecule is COc1ncccc1C(O)c1ccsc1C. The van der Waals surface area contributed by atoms with Crippen LogP contribution in [0, 0.1) is 6.92 Å². The van der Waals surface area contributed by atoms with Crippen molar-refractivity contribution in [1.82, 2.24) is 4.98 Å². The summed E-state index contributed by atoms with van der Waals surface area (Å²) < 4.78 is 5.14. The minimum atomic E-state index is -0.671. The van der Waals surface area contributed by atoms with Crippen LogP contribution in [0.4, 0.5) is 0 Å². The molecular formula is C12H13NO2S. The minimum absolute atomic E-state index is 0.473. The molecule has 0 amide bonds. The summed E-state index contributed by atoms with van der Waals surface area (Å²) in [4.78, 5) is 5.19. The Kier molecular flexibility index (Phi) is 3.22. The van der Waals surface area contributed by atoms with E-state index in [1.165, 1.54) is 0 Å². The number of methoxy groups -OCH3 is 1. The lowest BCUT2D eigenvalue weighted by molar-refractivity contribution is 0.213. The predicted molar refractivity (Wildman–Crippen MR) is 63.9 cm³/mol. The first-order valence-corrected chi connectivity index (χ1v) is 5.83. The van der Waals surface area contributed by atoms with Crippen molar-refractivity contribution in [1.29, 1.82) is 0 Å². The maximum Gasteiger partial charge on any atom is 0.219 e. The second-order valence-electron chi connectivity index (χ2n) is 3.44. The van der Waals surface area contributed by atoms with Gasteiger partial charge < -0.3 is 9.84 Å². The molecule has 1 unspecified atom stereocenters. The molecule has 2 rings (SSSR count). The smallest absolute Gasteiger partial charge is 0.219 e. The molecule has 0 fully saturated rings. The van der Waals surface area contributed by atoms with E-state index in [4.69, 9.17) is 4.74 Å². The van der Waals surface area contributed by atoms with Crippen LogP contribution in [-0.2, 0) is 0 Å². The van der Waals surface area contributed by atoms with Crippen LogP contribution in [0.25, 0.3) is 0 Å². The van der Waals surface area contributed by atoms with Crippen molar-refractivity contribution in [3.63, 3.8) is 0 Å². The first-order valence-electron chi connectivity index (χ1n) is 4.95. The van der Waals surface area contributed by atoms with Crippen LogP contribution in [0.5, 0.6) is 5.88 Å². The fourth-order valence-electron chi connectivity index (χ4n) is 1.63. The van der Waals surface area contributed by atoms with Crippen LogP contribution < -0.4 is 4.74 Å². The number of aryl methyl sites for hydroxylation is 1. The minimum Gasteiger partial charge on any atom is -0.481 e. The molecule has 0 saturated heterocycles. The van der Waals surface area contributed by atoms with Gasteiger partial charge in [-0.05, 0) is 36.1 Å². The molecule has 2 aromatic heterocycles. The molecule has 3 nitrogen and oxygen atoms in total. The molecule has 84 valence electrons. The van der Waals surface area contributed by atoms with Gasteiger partial charge in [0.15, 0.2) is 0 Å². The van der Waals surface area contributed by atoms with Crippen LogP contribution in [-0.4, -0.2) is 17.2 Å². The predicted octanol–water partition coefficient (Wildman–Crippen LogP) is 2.54. The zero-order chi connectivity index (χ0) is 11.5. The number of aliphatic hydroxyl groups is 1. The summed E-state index contributed by atoms with van der Waals surface area (Å²) in [5, 5.41) is 12.2. The van der Waals surface area contributed by atoms with Crippen molar-refractivity contribution in [3.05, 3.63) is 45.8 Å². The first kappa shape index (κ1) is 11.1. The van der Waals surface area contributed by atoms with Crippen LogP contribution >= 0.6 is 11.3 Å². The number of ether oxygens (including phenoxy) is 1. The van der Waals surface area contributed by atoms with E-state index in [-0.39, 0.29) is 0 Å². The van der Waals surface area contributed by atoms with Gasteiger partial charge in [0, 0.05) is 16.6 Å². The van der Waals surface area contributed by atoms with Crippen molar-refractivity contribution in [2.45, 2.75) is 13.0 Å². The Bertz CT molecular complexity index is 481. The van der Waals surface area contributed by atoms with Gasteiger partial charge >= 0.3 is 0 Å². The van der Waals surface area contributed by atoms with E-state index < -0.39 is 6.10 Å². The molecule has 0 spiro atoms. The first-order chi connectivity index (χ1) is 7.74. The molecule has 0 bridgehead atoms. The molecule has 0 aliphatic heterocycles. The second kappa shape index (κ2) is 4.63. The van der Waals surface area contributed by atoms with Gasteiger partial charge in [-0.1, -0.05) is 0 Å². The quantitative estimate of drug-likeness (QED) is 0.889. The summed E-state index contributed by atoms with van der Waals surface area (Å²) in [5.74, 6) is 0.473. The lowest BCUT2D eigenvalue weighted by Crippen LogP contribution is -2.03. The normalized spacial score (nSPS) is 12.4. The number of nitrogens with zero attached hydrogens (tertiary/aromatic N) is 1. The van der Waals surface area contributed by atoms with E-state index in [9.17, 15) is 5.11 Å². The molecule has 0 radical (unpaired) electrons. The molecule has 1 atom stereocenters. The summed E-state index contributed by atoms with van der Waals surface area (Å²) in [6.07, 6.45) is 0.977. The largest absolute Gasteiger partial charge is 0.481 e. The lowest BCUT2D eigenvalue weighted by atomic mass is 10.0. The van der Waals surface area contributed by atoms with E-state index in [1.807, 2.05) is 24.4 Å². The Balaban J connectivity index is 2.41. The van der Waals surface area contributed by atoms with Gasteiger partial charge in [0.1, 0.15) is 6.10 Å². The highest BCUT2D eigenvalue weighted by Crippen LogP contribution is 2.31. The Labute approximate surface area is 98.4 Å². The number of thiophene rings is 1. The molecular weight excluding hydrogens is 222 g/mol. The van der Waals surface area contributed by atoms with E-state index >= 15 is 0 Å². The van der Waals surface area contributed by atoms with E-state index in [1.54, 1.807) is 30.7 Å². The molecule has 0 saturated carbocycles. The third-order valence-electron chi connectivity index (χ3n) is 2.48. The zero-order valence-corrected chi connectivity index (χ0v) is 9.99. The average molecular weight is 235 g/mol. The van der Waals surface area contributed by atoms with Crippen LogP contribution in [0.1, 0.15) is 22.1 Å². The molecule has 4 heteroatoms. The Morgan fingerprint density at radius 3 is 2.81 bits per heavy atom. The second-order valence-corrected chi connectivity index (χ2v) is 4.56. The number of hydrogen-bond donors (Lipinski definition) is 1. The van der Waals surface area contributed by atoms with Crippen molar-refractivity contribution in [3.8, 4) is 5.88 Å². The number of aromatic nitrogens is 1. The number of hydrogen-bond acceptors (Lipinski definition) is 4. The summed E-state index contributed by atoms with van der Waals surface area (Å²) in [7, 11) is 1.55. The van der Waals surface area contributed by atoms with E-state index in [0.717, 1.165) is 10.4 Å². The van der Waals surface area contributed by atoms with Crippen molar-refractivity contribution >= 4 is 11.3 Å². The van der Waals surface area contributed by atoms with E-state index in [0.29, 0.717) is 11.4 Å². The Morgan fingerprint density at radius 1 is 1.38 bits per heavy atom. The van der Waals surface area contributed by atoms with Crippen LogP contribution in [0.15, 0.2) is 29.8 Å². The van der Waals surface area contributed by atoms with Crippen LogP contribution in [0.2, 0.25) is 0 Å². The molecule has 0 aromatic carbocycles. The maximum absolute atomic E-state index is 10.3. The van der Waals surface area contributed by atoms with Gasteiger partial charge in [-0.15, -0.1) is 11.3 Å². The van der Waals surface area contributed by atoms with Gasteiger partial charge in [0.05, 0.1) is 7.11 Å². The van der Waals surface area contributed by atoms with Crippen molar-refractivity contribution in [2.24, 2.45) is 0 Å². The average Bonchev–Trinajstić information content (AvgIpc) is 2.74. The van der Waals surface area contributed by atoms with Gasteiger partial charge in [0.2, 0.25) is 5.88 Å². The molecule has 0 aliphatic rings. The lowest BCUT2D eigenvalue weighted by Gasteiger charge is -2.13. The molecule has 0 aliphatic carbocycles. The van der Waals surface area contributed by atoms with Crippen molar-refractivity contribution < 1.29 is 9.84 Å². The summed E-state index contributed by atoms with van der Waals surface area (Å²) >= 11 is 1.62. The summed E-state index contributed by atoms with van der Waals surface area (Å²) in [6, 6.07) is 5.55. The standard InChI is InChI=1S/C12H13NO2S/c1-8-9(5-7-16-8)11(14)10-4-3-6-13-12(10)15-2/h3-7,11,14H,1-2H3. The fourth-order valence-corrected chi connectivity index (χ4v) is 2.36. The Morgan fingerprint density at radius 2 is 2.19 bits per heavy atom. The van der Waals surface area contributed by atoms with E-state index in [2.05, 4.69) is 4.98 Å². The highest BCUT2D eigenvalue weighted by atomic mass is 32.1. The third-order valence-corrected chi connectivity index (χ3v) is 3.34. The van der Waals surface area contributed by atoms with Gasteiger partial charge in [-0.3, -0.25) is 0 Å². The van der Waals surface area contributed by atoms with Crippen molar-refractivity contribution in [2.75, 3.05) is 7.11 Å².